The fourth-order valence-electron chi connectivity index (χ4n) is 2.04. The lowest BCUT2D eigenvalue weighted by atomic mass is 10.0. The molecule has 0 amide bonds. The monoisotopic (exact) mass is 325 g/mol. The van der Waals surface area contributed by atoms with E-state index in [-0.39, 0.29) is 16.5 Å². The van der Waals surface area contributed by atoms with Crippen LogP contribution in [0.1, 0.15) is 25.3 Å². The van der Waals surface area contributed by atoms with Gasteiger partial charge in [0.1, 0.15) is 11.6 Å². The van der Waals surface area contributed by atoms with Crippen molar-refractivity contribution in [3.63, 3.8) is 0 Å². The second-order valence-corrected chi connectivity index (χ2v) is 7.26. The minimum atomic E-state index is -3.95. The molecule has 0 N–H and O–H groups in total. The molecule has 0 unspecified atom stereocenters. The summed E-state index contributed by atoms with van der Waals surface area (Å²) in [5.41, 5.74) is 0.673. The van der Waals surface area contributed by atoms with Gasteiger partial charge in [0, 0.05) is 13.1 Å². The summed E-state index contributed by atoms with van der Waals surface area (Å²) in [7, 11) is -2.75. The predicted molar refractivity (Wildman–Crippen MR) is 82.5 cm³/mol. The molecule has 0 heterocycles. The first-order chi connectivity index (χ1) is 10.2. The normalized spacial score (nSPS) is 11.7. The van der Waals surface area contributed by atoms with Crippen LogP contribution in [0, 0.1) is 11.6 Å². The van der Waals surface area contributed by atoms with E-state index in [1.165, 1.54) is 19.2 Å². The van der Waals surface area contributed by atoms with E-state index in [4.69, 9.17) is 0 Å². The molecule has 0 bridgehead atoms. The number of hydrogen-bond donors (Lipinski definition) is 0. The van der Waals surface area contributed by atoms with E-state index < -0.39 is 21.7 Å². The van der Waals surface area contributed by atoms with E-state index in [1.54, 1.807) is 12.1 Å². The second-order valence-electron chi connectivity index (χ2n) is 5.29. The number of benzene rings is 2. The Labute approximate surface area is 129 Å². The van der Waals surface area contributed by atoms with Gasteiger partial charge in [-0.15, -0.1) is 0 Å². The van der Waals surface area contributed by atoms with Crippen molar-refractivity contribution < 1.29 is 17.2 Å². The second kappa shape index (κ2) is 6.04. The lowest BCUT2D eigenvalue weighted by Gasteiger charge is -2.20. The van der Waals surface area contributed by atoms with Crippen LogP contribution in [0.4, 0.5) is 14.5 Å². The maximum absolute atomic E-state index is 13.8. The molecule has 0 saturated carbocycles. The molecule has 2 rings (SSSR count). The van der Waals surface area contributed by atoms with E-state index in [2.05, 4.69) is 0 Å². The van der Waals surface area contributed by atoms with Crippen LogP contribution in [0.25, 0.3) is 0 Å². The fraction of sp³-hybridized carbons (Fsp3) is 0.250. The number of anilines is 1. The van der Waals surface area contributed by atoms with E-state index in [9.17, 15) is 17.2 Å². The molecule has 2 aromatic rings. The molecular weight excluding hydrogens is 308 g/mol. The number of sulfonamides is 1. The molecule has 0 aromatic heterocycles. The van der Waals surface area contributed by atoms with Crippen LogP contribution >= 0.6 is 0 Å². The molecule has 0 spiro atoms. The van der Waals surface area contributed by atoms with Gasteiger partial charge >= 0.3 is 0 Å². The van der Waals surface area contributed by atoms with Crippen LogP contribution in [0.15, 0.2) is 47.4 Å². The summed E-state index contributed by atoms with van der Waals surface area (Å²) in [6.07, 6.45) is 0. The highest BCUT2D eigenvalue weighted by molar-refractivity contribution is 7.92. The standard InChI is InChI=1S/C16H17F2NO2S/c1-11(2)12-4-7-14(8-5-12)22(20,21)19(3)16-10-13(17)6-9-15(16)18/h4-11H,1-3H3. The molecule has 0 aliphatic heterocycles. The Kier molecular flexibility index (Phi) is 4.51. The molecule has 2 aromatic carbocycles. The maximum Gasteiger partial charge on any atom is 0.264 e. The zero-order valence-electron chi connectivity index (χ0n) is 12.5. The van der Waals surface area contributed by atoms with Crippen LogP contribution in [-0.2, 0) is 10.0 Å². The minimum absolute atomic E-state index is 0.0306. The van der Waals surface area contributed by atoms with Crippen LogP contribution in [0.2, 0.25) is 0 Å². The summed E-state index contributed by atoms with van der Waals surface area (Å²) >= 11 is 0. The number of hydrogen-bond acceptors (Lipinski definition) is 2. The van der Waals surface area contributed by atoms with Crippen molar-refractivity contribution in [2.45, 2.75) is 24.7 Å². The van der Waals surface area contributed by atoms with Crippen molar-refractivity contribution in [2.24, 2.45) is 0 Å². The predicted octanol–water partition coefficient (Wildman–Crippen LogP) is 3.91. The Morgan fingerprint density at radius 2 is 1.59 bits per heavy atom. The molecule has 0 atom stereocenters. The first-order valence-corrected chi connectivity index (χ1v) is 8.21. The quantitative estimate of drug-likeness (QED) is 0.854. The molecule has 3 nitrogen and oxygen atoms in total. The van der Waals surface area contributed by atoms with Gasteiger partial charge in [-0.25, -0.2) is 17.2 Å². The van der Waals surface area contributed by atoms with E-state index >= 15 is 0 Å². The van der Waals surface area contributed by atoms with Gasteiger partial charge in [-0.3, -0.25) is 4.31 Å². The van der Waals surface area contributed by atoms with Crippen LogP contribution < -0.4 is 4.31 Å². The Balaban J connectivity index is 2.43. The summed E-state index contributed by atoms with van der Waals surface area (Å²) in [6, 6.07) is 9.07. The average Bonchev–Trinajstić information content (AvgIpc) is 2.49. The zero-order chi connectivity index (χ0) is 16.5. The Bertz CT molecular complexity index is 771. The van der Waals surface area contributed by atoms with Crippen molar-refractivity contribution >= 4 is 15.7 Å². The van der Waals surface area contributed by atoms with Gasteiger partial charge < -0.3 is 0 Å². The molecule has 0 radical (unpaired) electrons. The summed E-state index contributed by atoms with van der Waals surface area (Å²) in [5.74, 6) is -1.23. The van der Waals surface area contributed by atoms with Crippen molar-refractivity contribution in [1.82, 2.24) is 0 Å². The SMILES string of the molecule is CC(C)c1ccc(S(=O)(=O)N(C)c2cc(F)ccc2F)cc1. The molecule has 22 heavy (non-hydrogen) atoms. The molecule has 118 valence electrons. The summed E-state index contributed by atoms with van der Waals surface area (Å²) < 4.78 is 52.8. The van der Waals surface area contributed by atoms with Gasteiger partial charge in [0.05, 0.1) is 10.6 Å². The highest BCUT2D eigenvalue weighted by Gasteiger charge is 2.24. The Hall–Kier alpha value is -1.95. The number of rotatable bonds is 4. The topological polar surface area (TPSA) is 37.4 Å². The molecule has 0 aliphatic rings. The van der Waals surface area contributed by atoms with Crippen LogP contribution in [0.3, 0.4) is 0 Å². The van der Waals surface area contributed by atoms with Gasteiger partial charge in [-0.05, 0) is 35.7 Å². The highest BCUT2D eigenvalue weighted by Crippen LogP contribution is 2.26. The van der Waals surface area contributed by atoms with Gasteiger partial charge in [-0.1, -0.05) is 26.0 Å². The van der Waals surface area contributed by atoms with Crippen molar-refractivity contribution in [1.29, 1.82) is 0 Å². The smallest absolute Gasteiger partial charge is 0.264 e. The van der Waals surface area contributed by atoms with Gasteiger partial charge in [0.15, 0.2) is 0 Å². The Morgan fingerprint density at radius 1 is 1.00 bits per heavy atom. The third-order valence-corrected chi connectivity index (χ3v) is 5.24. The van der Waals surface area contributed by atoms with E-state index in [0.717, 1.165) is 28.1 Å². The summed E-state index contributed by atoms with van der Waals surface area (Å²) in [6.45, 7) is 4.00. The maximum atomic E-state index is 13.8. The van der Waals surface area contributed by atoms with Crippen molar-refractivity contribution in [3.8, 4) is 0 Å². The zero-order valence-corrected chi connectivity index (χ0v) is 13.4. The summed E-state index contributed by atoms with van der Waals surface area (Å²) in [5, 5.41) is 0. The average molecular weight is 325 g/mol. The van der Waals surface area contributed by atoms with Gasteiger partial charge in [0.25, 0.3) is 10.0 Å². The molecular formula is C16H17F2NO2S. The Morgan fingerprint density at radius 3 is 2.14 bits per heavy atom. The lowest BCUT2D eigenvalue weighted by molar-refractivity contribution is 0.585. The first-order valence-electron chi connectivity index (χ1n) is 6.77. The molecule has 0 fully saturated rings. The van der Waals surface area contributed by atoms with E-state index in [1.807, 2.05) is 13.8 Å². The third kappa shape index (κ3) is 3.11. The number of nitrogens with zero attached hydrogens (tertiary/aromatic N) is 1. The van der Waals surface area contributed by atoms with Crippen molar-refractivity contribution in [3.05, 3.63) is 59.7 Å². The highest BCUT2D eigenvalue weighted by atomic mass is 32.2. The fourth-order valence-corrected chi connectivity index (χ4v) is 3.23. The minimum Gasteiger partial charge on any atom is -0.266 e. The molecule has 0 aliphatic carbocycles. The lowest BCUT2D eigenvalue weighted by Crippen LogP contribution is -2.27. The van der Waals surface area contributed by atoms with Gasteiger partial charge in [-0.2, -0.15) is 0 Å². The van der Waals surface area contributed by atoms with E-state index in [0.29, 0.717) is 0 Å². The van der Waals surface area contributed by atoms with Gasteiger partial charge in [0.2, 0.25) is 0 Å². The van der Waals surface area contributed by atoms with Crippen LogP contribution in [0.5, 0.6) is 0 Å². The summed E-state index contributed by atoms with van der Waals surface area (Å²) in [4.78, 5) is 0.0306. The molecule has 6 heteroatoms. The van der Waals surface area contributed by atoms with Crippen molar-refractivity contribution in [2.75, 3.05) is 11.4 Å². The first kappa shape index (κ1) is 16.4. The molecule has 0 saturated heterocycles. The van der Waals surface area contributed by atoms with Crippen LogP contribution in [-0.4, -0.2) is 15.5 Å². The largest absolute Gasteiger partial charge is 0.266 e. The number of halogens is 2. The third-order valence-electron chi connectivity index (χ3n) is 3.45.